The van der Waals surface area contributed by atoms with Crippen molar-refractivity contribution in [3.8, 4) is 0 Å². The van der Waals surface area contributed by atoms with E-state index in [-0.39, 0.29) is 35.3 Å². The van der Waals surface area contributed by atoms with Gasteiger partial charge in [-0.2, -0.15) is 0 Å². The van der Waals surface area contributed by atoms with Crippen LogP contribution in [0.4, 0.5) is 0 Å². The van der Waals surface area contributed by atoms with Gasteiger partial charge in [0.25, 0.3) is 0 Å². The Hall–Kier alpha value is -1.77. The average molecular weight is 964 g/mol. The molecule has 5 rings (SSSR count). The largest absolute Gasteiger partial charge is 3.00 e. The Labute approximate surface area is 350 Å². The standard InChI is InChI=1S/C30H32P2.C8H12.3ClHO4.Rh/c1(15-25-31(27-17-7-3-8-18-27)28-19-9-4-10-20-28)2-16-26-32(29-21-11-5-12-22-29)30-23-13-6-14-24-30;1-2-4-6-8-7-5-3-1;3*2-1(3,4)5;/h3-14,17-24H,1-2,15-16,25-26H2;1-2,7-8H,3-6H2;3*(H,2,3,4,5);/q;;;;;+3/p-3/b;2-1-,8-7-;;;;. The Morgan fingerprint density at radius 3 is 0.679 bits per heavy atom. The van der Waals surface area contributed by atoms with Crippen LogP contribution in [0.5, 0.6) is 0 Å². The molecule has 0 spiro atoms. The number of benzene rings is 4. The van der Waals surface area contributed by atoms with Crippen molar-refractivity contribution in [3.63, 3.8) is 0 Å². The molecular weight excluding hydrogens is 920 g/mol. The molecule has 0 bridgehead atoms. The quantitative estimate of drug-likeness (QED) is 0.0593. The van der Waals surface area contributed by atoms with Crippen molar-refractivity contribution in [2.75, 3.05) is 12.3 Å². The van der Waals surface area contributed by atoms with E-state index >= 15 is 0 Å². The van der Waals surface area contributed by atoms with Gasteiger partial charge in [-0.3, -0.25) is 0 Å². The maximum Gasteiger partial charge on any atom is 3.00 e. The molecule has 18 heteroatoms. The molecule has 0 atom stereocenters. The van der Waals surface area contributed by atoms with E-state index in [1.807, 2.05) is 0 Å². The predicted octanol–water partition coefficient (Wildman–Crippen LogP) is -4.79. The van der Waals surface area contributed by atoms with Crippen LogP contribution in [-0.2, 0) is 19.5 Å². The summed E-state index contributed by atoms with van der Waals surface area (Å²) in [4.78, 5) is 0. The van der Waals surface area contributed by atoms with Gasteiger partial charge in [0.05, 0.1) is 0 Å². The molecule has 308 valence electrons. The van der Waals surface area contributed by atoms with Crippen molar-refractivity contribution in [1.29, 1.82) is 0 Å². The average Bonchev–Trinajstić information content (AvgIpc) is 3.09. The summed E-state index contributed by atoms with van der Waals surface area (Å²) in [7, 11) is -15.3. The van der Waals surface area contributed by atoms with Crippen molar-refractivity contribution in [3.05, 3.63) is 146 Å². The molecule has 0 aliphatic heterocycles. The number of unbranched alkanes of at least 4 members (excludes halogenated alkanes) is 3. The van der Waals surface area contributed by atoms with E-state index in [4.69, 9.17) is 55.9 Å². The van der Waals surface area contributed by atoms with Gasteiger partial charge in [0.15, 0.2) is 0 Å². The Kier molecular flexibility index (Phi) is 30.2. The molecular formula is C38H44Cl3O12P2Rh. The van der Waals surface area contributed by atoms with Gasteiger partial charge in [0.1, 0.15) is 0 Å². The van der Waals surface area contributed by atoms with E-state index in [9.17, 15) is 0 Å². The molecule has 0 N–H and O–H groups in total. The molecule has 4 aromatic carbocycles. The zero-order valence-corrected chi connectivity index (χ0v) is 35.9. The number of hydrogen-bond donors (Lipinski definition) is 0. The second-order valence-electron chi connectivity index (χ2n) is 11.3. The summed E-state index contributed by atoms with van der Waals surface area (Å²) in [5.74, 6) is 0. The van der Waals surface area contributed by atoms with E-state index in [1.165, 1.54) is 84.9 Å². The van der Waals surface area contributed by atoms with Crippen LogP contribution in [0.2, 0.25) is 0 Å². The summed E-state index contributed by atoms with van der Waals surface area (Å²) < 4.78 is 102. The summed E-state index contributed by atoms with van der Waals surface area (Å²) in [6.45, 7) is 0. The maximum atomic E-state index is 8.49. The summed E-state index contributed by atoms with van der Waals surface area (Å²) in [6.07, 6.45) is 21.8. The second kappa shape index (κ2) is 31.2. The predicted molar refractivity (Wildman–Crippen MR) is 183 cm³/mol. The van der Waals surface area contributed by atoms with Crippen LogP contribution < -0.4 is 77.1 Å². The molecule has 4 aromatic rings. The van der Waals surface area contributed by atoms with E-state index in [1.54, 1.807) is 0 Å². The first-order valence-corrected chi connectivity index (χ1v) is 23.6. The van der Waals surface area contributed by atoms with Gasteiger partial charge < -0.3 is 0 Å². The minimum Gasteiger partial charge on any atom is -0.222 e. The SMILES string of the molecule is C1=C\CC/C=C\CC/1.[O-][Cl+3]([O-])([O-])[O-].[O-][Cl+3]([O-])([O-])[O-].[O-][Cl+3]([O-])([O-])[O-].[Rh+3].c1ccc(P(CCCCCCP(c2ccccc2)c2ccccc2)c2ccccc2)cc1. The minimum atomic E-state index is -4.94. The first kappa shape index (κ1) is 54.2. The van der Waals surface area contributed by atoms with Gasteiger partial charge in [-0.05, 0) is 87.9 Å². The first-order chi connectivity index (χ1) is 25.9. The van der Waals surface area contributed by atoms with Gasteiger partial charge in [-0.25, -0.2) is 55.9 Å². The third kappa shape index (κ3) is 34.3. The van der Waals surface area contributed by atoms with Crippen LogP contribution in [0.25, 0.3) is 0 Å². The molecule has 0 fully saturated rings. The summed E-state index contributed by atoms with van der Waals surface area (Å²) in [5, 5.41) is 6.02. The molecule has 0 unspecified atom stereocenters. The molecule has 1 aliphatic carbocycles. The first-order valence-electron chi connectivity index (χ1n) is 16.8. The zero-order chi connectivity index (χ0) is 41.0. The fraction of sp³-hybridized carbons (Fsp3) is 0.263. The second-order valence-corrected chi connectivity index (χ2v) is 18.2. The van der Waals surface area contributed by atoms with Crippen molar-refractivity contribution in [2.24, 2.45) is 0 Å². The third-order valence-electron chi connectivity index (χ3n) is 7.12. The van der Waals surface area contributed by atoms with Crippen LogP contribution in [0.1, 0.15) is 51.4 Å². The van der Waals surface area contributed by atoms with Gasteiger partial charge in [-0.1, -0.05) is 158 Å². The van der Waals surface area contributed by atoms with Crippen molar-refractivity contribution in [1.82, 2.24) is 0 Å². The molecule has 0 amide bonds. The normalized spacial score (nSPS) is 13.6. The van der Waals surface area contributed by atoms with Crippen LogP contribution in [-0.4, -0.2) is 12.3 Å². The molecule has 56 heavy (non-hydrogen) atoms. The molecule has 0 saturated heterocycles. The van der Waals surface area contributed by atoms with Crippen LogP contribution in [0, 0.1) is 30.7 Å². The van der Waals surface area contributed by atoms with Gasteiger partial charge in [0, 0.05) is 0 Å². The third-order valence-corrected chi connectivity index (χ3v) is 12.3. The summed E-state index contributed by atoms with van der Waals surface area (Å²) >= 11 is 0. The molecule has 0 heterocycles. The van der Waals surface area contributed by atoms with E-state index in [2.05, 4.69) is 146 Å². The van der Waals surface area contributed by atoms with Crippen molar-refractivity contribution < 1.29 is 106 Å². The van der Waals surface area contributed by atoms with Gasteiger partial charge >= 0.3 is 19.5 Å². The summed E-state index contributed by atoms with van der Waals surface area (Å²) in [6, 6.07) is 44.5. The Morgan fingerprint density at radius 1 is 0.321 bits per heavy atom. The van der Waals surface area contributed by atoms with Crippen LogP contribution >= 0.6 is 15.8 Å². The van der Waals surface area contributed by atoms with Crippen molar-refractivity contribution in [2.45, 2.75) is 51.4 Å². The number of hydrogen-bond acceptors (Lipinski definition) is 12. The van der Waals surface area contributed by atoms with Gasteiger partial charge in [-0.15, -0.1) is 30.7 Å². The molecule has 0 radical (unpaired) electrons. The molecule has 0 saturated carbocycles. The fourth-order valence-corrected chi connectivity index (χ4v) is 9.83. The smallest absolute Gasteiger partial charge is 0.222 e. The van der Waals surface area contributed by atoms with Gasteiger partial charge in [0.2, 0.25) is 0 Å². The Morgan fingerprint density at radius 2 is 0.500 bits per heavy atom. The molecule has 12 nitrogen and oxygen atoms in total. The fourth-order valence-electron chi connectivity index (χ4n) is 5.00. The van der Waals surface area contributed by atoms with Crippen LogP contribution in [0.15, 0.2) is 146 Å². The Balaban J connectivity index is 0.00000102. The van der Waals surface area contributed by atoms with E-state index < -0.39 is 30.7 Å². The van der Waals surface area contributed by atoms with Crippen molar-refractivity contribution >= 4 is 37.1 Å². The summed E-state index contributed by atoms with van der Waals surface area (Å²) in [5.41, 5.74) is 0. The monoisotopic (exact) mass is 962 g/mol. The van der Waals surface area contributed by atoms with Crippen LogP contribution in [0.3, 0.4) is 0 Å². The van der Waals surface area contributed by atoms with E-state index in [0.29, 0.717) is 0 Å². The molecule has 1 aliphatic rings. The maximum absolute atomic E-state index is 8.49. The number of rotatable bonds is 11. The minimum absolute atomic E-state index is 0. The topological polar surface area (TPSA) is 277 Å². The number of halogens is 3. The molecule has 0 aromatic heterocycles. The Bertz CT molecular complexity index is 1330. The van der Waals surface area contributed by atoms with E-state index in [0.717, 1.165) is 0 Å². The number of allylic oxidation sites excluding steroid dienone is 4. The zero-order valence-electron chi connectivity index (χ0n) is 30.2.